The van der Waals surface area contributed by atoms with Crippen molar-refractivity contribution in [2.24, 2.45) is 0 Å². The number of hydrogen-bond acceptors (Lipinski definition) is 3. The normalized spacial score (nSPS) is 20.7. The zero-order chi connectivity index (χ0) is 16.6. The smallest absolute Gasteiger partial charge is 0.343 e. The second-order valence-corrected chi connectivity index (χ2v) is 5.70. The maximum absolute atomic E-state index is 14.1. The summed E-state index contributed by atoms with van der Waals surface area (Å²) in [7, 11) is 0. The van der Waals surface area contributed by atoms with E-state index in [9.17, 15) is 14.0 Å². The number of amides is 1. The third-order valence-corrected chi connectivity index (χ3v) is 4.08. The summed E-state index contributed by atoms with van der Waals surface area (Å²) in [5, 5.41) is 13.1. The Balaban J connectivity index is 1.82. The summed E-state index contributed by atoms with van der Waals surface area (Å²) in [6, 6.07) is 6.92. The number of alkyl halides is 1. The molecule has 1 amide bonds. The highest BCUT2D eigenvalue weighted by Gasteiger charge is 2.46. The molecule has 120 valence electrons. The Hall–Kier alpha value is -2.70. The molecule has 2 heterocycles. The zero-order valence-corrected chi connectivity index (χ0v) is 12.6. The maximum atomic E-state index is 14.1. The van der Waals surface area contributed by atoms with Crippen LogP contribution in [0.15, 0.2) is 36.7 Å². The number of carbonyl (C=O) groups is 2. The van der Waals surface area contributed by atoms with Gasteiger partial charge in [0.1, 0.15) is 0 Å². The molecule has 0 aliphatic carbocycles. The van der Waals surface area contributed by atoms with E-state index in [4.69, 9.17) is 5.11 Å². The Labute approximate surface area is 132 Å². The molecule has 1 aromatic heterocycles. The molecule has 7 heteroatoms. The maximum Gasteiger partial charge on any atom is 0.343 e. The van der Waals surface area contributed by atoms with Crippen LogP contribution < -0.4 is 0 Å². The molecule has 1 aliphatic heterocycles. The molecule has 3 rings (SSSR count). The molecule has 0 spiro atoms. The average molecular weight is 317 g/mol. The van der Waals surface area contributed by atoms with E-state index >= 15 is 0 Å². The Morgan fingerprint density at radius 3 is 2.74 bits per heavy atom. The fourth-order valence-electron chi connectivity index (χ4n) is 2.76. The number of hydrogen-bond donors (Lipinski definition) is 1. The van der Waals surface area contributed by atoms with Crippen molar-refractivity contribution in [3.8, 4) is 5.69 Å². The number of likely N-dealkylation sites (tertiary alicyclic amines) is 1. The van der Waals surface area contributed by atoms with Crippen molar-refractivity contribution in [3.63, 3.8) is 0 Å². The van der Waals surface area contributed by atoms with Gasteiger partial charge >= 0.3 is 5.97 Å². The molecule has 23 heavy (non-hydrogen) atoms. The van der Waals surface area contributed by atoms with Gasteiger partial charge in [0, 0.05) is 30.9 Å². The molecule has 1 atom stereocenters. The number of nitrogens with zero attached hydrogens (tertiary/aromatic N) is 3. The summed E-state index contributed by atoms with van der Waals surface area (Å²) >= 11 is 0. The summed E-state index contributed by atoms with van der Waals surface area (Å²) in [5.41, 5.74) is -0.241. The van der Waals surface area contributed by atoms with Crippen molar-refractivity contribution >= 4 is 11.9 Å². The summed E-state index contributed by atoms with van der Waals surface area (Å²) in [6.07, 6.45) is 3.28. The lowest BCUT2D eigenvalue weighted by molar-refractivity contribution is -0.149. The first-order chi connectivity index (χ1) is 10.9. The predicted molar refractivity (Wildman–Crippen MR) is 80.3 cm³/mol. The van der Waals surface area contributed by atoms with Crippen molar-refractivity contribution in [2.75, 3.05) is 13.1 Å². The lowest BCUT2D eigenvalue weighted by atomic mass is 10.1. The van der Waals surface area contributed by atoms with Crippen LogP contribution in [0, 0.1) is 6.92 Å². The van der Waals surface area contributed by atoms with E-state index < -0.39 is 18.2 Å². The molecule has 0 bridgehead atoms. The fraction of sp³-hybridized carbons (Fsp3) is 0.312. The number of carbonyl (C=O) groups excluding carboxylic acids is 1. The number of aromatic nitrogens is 2. The number of benzene rings is 1. The standard InChI is InChI=1S/C16H16FN3O3/c1-11-9-12(3-4-13(11)20-7-2-6-18-20)14(21)19-8-5-16(17,10-19)15(22)23/h2-4,6-7,9H,5,8,10H2,1H3,(H,22,23). The van der Waals surface area contributed by atoms with E-state index in [0.29, 0.717) is 5.56 Å². The van der Waals surface area contributed by atoms with Crippen LogP contribution in [0.5, 0.6) is 0 Å². The van der Waals surface area contributed by atoms with Crippen molar-refractivity contribution in [1.82, 2.24) is 14.7 Å². The third kappa shape index (κ3) is 2.69. The molecule has 1 fully saturated rings. The Bertz CT molecular complexity index is 760. The molecule has 1 unspecified atom stereocenters. The number of rotatable bonds is 3. The second kappa shape index (κ2) is 5.49. The minimum absolute atomic E-state index is 0.0988. The van der Waals surface area contributed by atoms with Gasteiger partial charge in [-0.05, 0) is 36.8 Å². The quantitative estimate of drug-likeness (QED) is 0.937. The van der Waals surface area contributed by atoms with Crippen molar-refractivity contribution < 1.29 is 19.1 Å². The number of carboxylic acids is 1. The minimum Gasteiger partial charge on any atom is -0.479 e. The summed E-state index contributed by atoms with van der Waals surface area (Å²) in [6.45, 7) is 1.54. The van der Waals surface area contributed by atoms with Gasteiger partial charge in [-0.25, -0.2) is 13.9 Å². The van der Waals surface area contributed by atoms with E-state index in [0.717, 1.165) is 11.3 Å². The van der Waals surface area contributed by atoms with Gasteiger partial charge in [-0.3, -0.25) is 4.79 Å². The predicted octanol–water partition coefficient (Wildman–Crippen LogP) is 1.82. The van der Waals surface area contributed by atoms with E-state index in [1.54, 1.807) is 41.3 Å². The van der Waals surface area contributed by atoms with Gasteiger partial charge in [-0.15, -0.1) is 0 Å². The van der Waals surface area contributed by atoms with Gasteiger partial charge < -0.3 is 10.0 Å². The van der Waals surface area contributed by atoms with Crippen LogP contribution in [-0.4, -0.2) is 50.4 Å². The van der Waals surface area contributed by atoms with Crippen LogP contribution in [0.25, 0.3) is 5.69 Å². The molecule has 1 aromatic carbocycles. The first-order valence-electron chi connectivity index (χ1n) is 7.23. The molecule has 0 radical (unpaired) electrons. The van der Waals surface area contributed by atoms with Crippen molar-refractivity contribution in [2.45, 2.75) is 19.0 Å². The van der Waals surface area contributed by atoms with Crippen molar-refractivity contribution in [3.05, 3.63) is 47.8 Å². The highest BCUT2D eigenvalue weighted by molar-refractivity contribution is 5.95. The fourth-order valence-corrected chi connectivity index (χ4v) is 2.76. The van der Waals surface area contributed by atoms with Crippen LogP contribution in [-0.2, 0) is 4.79 Å². The number of aryl methyl sites for hydroxylation is 1. The van der Waals surface area contributed by atoms with Crippen LogP contribution in [0.3, 0.4) is 0 Å². The van der Waals surface area contributed by atoms with E-state index in [-0.39, 0.29) is 18.9 Å². The molecule has 2 aromatic rings. The van der Waals surface area contributed by atoms with Crippen molar-refractivity contribution in [1.29, 1.82) is 0 Å². The van der Waals surface area contributed by atoms with Gasteiger partial charge in [0.2, 0.25) is 5.67 Å². The zero-order valence-electron chi connectivity index (χ0n) is 12.6. The summed E-state index contributed by atoms with van der Waals surface area (Å²) in [5.74, 6) is -1.88. The van der Waals surface area contributed by atoms with E-state index in [1.807, 2.05) is 6.92 Å². The van der Waals surface area contributed by atoms with Gasteiger partial charge in [0.25, 0.3) is 5.91 Å². The second-order valence-electron chi connectivity index (χ2n) is 5.70. The summed E-state index contributed by atoms with van der Waals surface area (Å²) in [4.78, 5) is 24.6. The molecule has 1 saturated heterocycles. The lowest BCUT2D eigenvalue weighted by Crippen LogP contribution is -2.38. The topological polar surface area (TPSA) is 75.4 Å². The number of halogens is 1. The highest BCUT2D eigenvalue weighted by atomic mass is 19.1. The van der Waals surface area contributed by atoms with Crippen LogP contribution in [0.4, 0.5) is 4.39 Å². The van der Waals surface area contributed by atoms with Crippen LogP contribution in [0.1, 0.15) is 22.3 Å². The average Bonchev–Trinajstić information content (AvgIpc) is 3.17. The molecular weight excluding hydrogens is 301 g/mol. The first kappa shape index (κ1) is 15.2. The molecule has 6 nitrogen and oxygen atoms in total. The van der Waals surface area contributed by atoms with Gasteiger partial charge in [-0.1, -0.05) is 0 Å². The molecular formula is C16H16FN3O3. The summed E-state index contributed by atoms with van der Waals surface area (Å²) < 4.78 is 15.8. The number of aliphatic carboxylic acids is 1. The van der Waals surface area contributed by atoms with Gasteiger partial charge in [0.15, 0.2) is 0 Å². The van der Waals surface area contributed by atoms with Crippen LogP contribution >= 0.6 is 0 Å². The lowest BCUT2D eigenvalue weighted by Gasteiger charge is -2.18. The third-order valence-electron chi connectivity index (χ3n) is 4.08. The Morgan fingerprint density at radius 2 is 2.17 bits per heavy atom. The molecule has 0 saturated carbocycles. The number of carboxylic acid groups (broad SMARTS) is 1. The Morgan fingerprint density at radius 1 is 1.39 bits per heavy atom. The highest BCUT2D eigenvalue weighted by Crippen LogP contribution is 2.27. The largest absolute Gasteiger partial charge is 0.479 e. The van der Waals surface area contributed by atoms with Gasteiger partial charge in [-0.2, -0.15) is 5.10 Å². The monoisotopic (exact) mass is 317 g/mol. The first-order valence-corrected chi connectivity index (χ1v) is 7.23. The SMILES string of the molecule is Cc1cc(C(=O)N2CCC(F)(C(=O)O)C2)ccc1-n1cccn1. The van der Waals surface area contributed by atoms with E-state index in [2.05, 4.69) is 5.10 Å². The van der Waals surface area contributed by atoms with E-state index in [1.165, 1.54) is 4.90 Å². The molecule has 1 aliphatic rings. The Kier molecular flexibility index (Phi) is 3.63. The van der Waals surface area contributed by atoms with Gasteiger partial charge in [0.05, 0.1) is 12.2 Å². The van der Waals surface area contributed by atoms with Crippen LogP contribution in [0.2, 0.25) is 0 Å². The minimum atomic E-state index is -2.35. The molecule has 1 N–H and O–H groups in total.